The normalized spacial score (nSPS) is 22.3. The van der Waals surface area contributed by atoms with Gasteiger partial charge in [0.25, 0.3) is 0 Å². The molecule has 2 heterocycles. The maximum Gasteiger partial charge on any atom is 0.184 e. The Bertz CT molecular complexity index is 828. The Morgan fingerprint density at radius 1 is 1.21 bits per heavy atom. The lowest BCUT2D eigenvalue weighted by molar-refractivity contribution is 0.450. The number of hydrogen-bond acceptors (Lipinski definition) is 3. The average molecular weight is 320 g/mol. The Morgan fingerprint density at radius 2 is 2.08 bits per heavy atom. The average Bonchev–Trinajstić information content (AvgIpc) is 3.00. The first-order valence-corrected chi connectivity index (χ1v) is 8.97. The molecule has 1 fully saturated rings. The van der Waals surface area contributed by atoms with E-state index < -0.39 is 0 Å². The molecule has 0 amide bonds. The second-order valence-corrected chi connectivity index (χ2v) is 7.43. The Balaban J connectivity index is 1.82. The van der Waals surface area contributed by atoms with Gasteiger partial charge in [0.2, 0.25) is 0 Å². The number of benzene rings is 1. The van der Waals surface area contributed by atoms with E-state index in [1.165, 1.54) is 11.1 Å². The fourth-order valence-corrected chi connectivity index (χ4v) is 4.14. The van der Waals surface area contributed by atoms with E-state index in [1.54, 1.807) is 6.07 Å². The molecule has 4 rings (SSSR count). The van der Waals surface area contributed by atoms with Gasteiger partial charge in [-0.2, -0.15) is 0 Å². The van der Waals surface area contributed by atoms with E-state index in [2.05, 4.69) is 37.4 Å². The highest BCUT2D eigenvalue weighted by atomic mass is 16.1. The van der Waals surface area contributed by atoms with Crippen molar-refractivity contribution in [1.82, 2.24) is 10.3 Å². The number of nitrogens with zero attached hydrogens (tertiary/aromatic N) is 1. The zero-order valence-corrected chi connectivity index (χ0v) is 14.4. The first-order chi connectivity index (χ1) is 11.6. The number of hydrogen-bond donors (Lipinski definition) is 1. The van der Waals surface area contributed by atoms with Gasteiger partial charge in [0.15, 0.2) is 5.43 Å². The molecule has 124 valence electrons. The molecule has 2 aromatic rings. The van der Waals surface area contributed by atoms with E-state index in [9.17, 15) is 4.79 Å². The molecule has 0 radical (unpaired) electrons. The van der Waals surface area contributed by atoms with Crippen LogP contribution in [0.5, 0.6) is 0 Å². The van der Waals surface area contributed by atoms with E-state index >= 15 is 0 Å². The van der Waals surface area contributed by atoms with E-state index in [0.717, 1.165) is 42.8 Å². The monoisotopic (exact) mass is 320 g/mol. The van der Waals surface area contributed by atoms with Gasteiger partial charge in [-0.1, -0.05) is 32.0 Å². The van der Waals surface area contributed by atoms with Gasteiger partial charge in [-0.3, -0.25) is 9.78 Å². The van der Waals surface area contributed by atoms with Gasteiger partial charge in [-0.15, -0.1) is 0 Å². The summed E-state index contributed by atoms with van der Waals surface area (Å²) in [4.78, 5) is 17.5. The van der Waals surface area contributed by atoms with Crippen molar-refractivity contribution in [2.75, 3.05) is 13.1 Å². The van der Waals surface area contributed by atoms with Gasteiger partial charge in [0.05, 0.1) is 5.69 Å². The standard InChI is InChI=1S/C21H24N2O/c1-13(2)14-4-3-5-15(8-14)20-9-21(24)17-7-6-16-10-22-11-18(16)19(17)12-23-20/h3-5,8-9,12-13,16,18,22H,6-7,10-11H2,1-2H3. The summed E-state index contributed by atoms with van der Waals surface area (Å²) >= 11 is 0. The minimum atomic E-state index is 0.151. The molecule has 1 aliphatic heterocycles. The van der Waals surface area contributed by atoms with Crippen LogP contribution in [-0.4, -0.2) is 18.1 Å². The summed E-state index contributed by atoms with van der Waals surface area (Å²) in [5.74, 6) is 1.58. The molecule has 24 heavy (non-hydrogen) atoms. The van der Waals surface area contributed by atoms with Crippen LogP contribution in [-0.2, 0) is 6.42 Å². The molecule has 1 aromatic heterocycles. The van der Waals surface area contributed by atoms with Crippen LogP contribution in [0.1, 0.15) is 48.8 Å². The minimum absolute atomic E-state index is 0.151. The van der Waals surface area contributed by atoms with Crippen LogP contribution in [0.15, 0.2) is 41.3 Å². The maximum atomic E-state index is 12.8. The lowest BCUT2D eigenvalue weighted by Crippen LogP contribution is -2.22. The molecule has 2 aliphatic rings. The second-order valence-electron chi connectivity index (χ2n) is 7.43. The van der Waals surface area contributed by atoms with Crippen molar-refractivity contribution in [2.45, 2.75) is 38.5 Å². The van der Waals surface area contributed by atoms with Crippen molar-refractivity contribution in [3.05, 3.63) is 63.4 Å². The molecule has 2 atom stereocenters. The van der Waals surface area contributed by atoms with Crippen molar-refractivity contribution >= 4 is 0 Å². The fraction of sp³-hybridized carbons (Fsp3) is 0.429. The predicted octanol–water partition coefficient (Wildman–Crippen LogP) is 3.48. The molecular formula is C21H24N2O. The molecule has 1 saturated heterocycles. The number of nitrogens with one attached hydrogen (secondary N) is 1. The lowest BCUT2D eigenvalue weighted by atomic mass is 9.78. The predicted molar refractivity (Wildman–Crippen MR) is 97.5 cm³/mol. The highest BCUT2D eigenvalue weighted by molar-refractivity contribution is 5.60. The van der Waals surface area contributed by atoms with Crippen LogP contribution < -0.4 is 10.7 Å². The van der Waals surface area contributed by atoms with Crippen LogP contribution in [0.2, 0.25) is 0 Å². The van der Waals surface area contributed by atoms with Crippen LogP contribution in [0, 0.1) is 5.92 Å². The third-order valence-electron chi connectivity index (χ3n) is 5.61. The SMILES string of the molecule is CC(C)c1cccc(-c2cc(=O)c3c(cn2)C2CNCC2CC3)c1. The zero-order chi connectivity index (χ0) is 16.7. The van der Waals surface area contributed by atoms with Gasteiger partial charge in [0.1, 0.15) is 0 Å². The summed E-state index contributed by atoms with van der Waals surface area (Å²) in [6.07, 6.45) is 3.97. The van der Waals surface area contributed by atoms with E-state index in [-0.39, 0.29) is 5.43 Å². The summed E-state index contributed by atoms with van der Waals surface area (Å²) in [7, 11) is 0. The first kappa shape index (κ1) is 15.5. The molecule has 0 spiro atoms. The highest BCUT2D eigenvalue weighted by Gasteiger charge is 2.34. The molecule has 2 unspecified atom stereocenters. The largest absolute Gasteiger partial charge is 0.316 e. The van der Waals surface area contributed by atoms with Crippen LogP contribution in [0.3, 0.4) is 0 Å². The number of rotatable bonds is 2. The first-order valence-electron chi connectivity index (χ1n) is 8.97. The third kappa shape index (κ3) is 2.67. The van der Waals surface area contributed by atoms with Gasteiger partial charge < -0.3 is 5.32 Å². The number of fused-ring (bicyclic) bond motifs is 3. The van der Waals surface area contributed by atoms with Crippen molar-refractivity contribution in [3.63, 3.8) is 0 Å². The summed E-state index contributed by atoms with van der Waals surface area (Å²) in [5.41, 5.74) is 5.41. The Labute approximate surface area is 143 Å². The second kappa shape index (κ2) is 6.14. The summed E-state index contributed by atoms with van der Waals surface area (Å²) < 4.78 is 0. The van der Waals surface area contributed by atoms with E-state index in [4.69, 9.17) is 4.98 Å². The Kier molecular flexibility index (Phi) is 3.97. The summed E-state index contributed by atoms with van der Waals surface area (Å²) in [5, 5.41) is 3.47. The highest BCUT2D eigenvalue weighted by Crippen LogP contribution is 2.36. The van der Waals surface area contributed by atoms with Gasteiger partial charge in [-0.25, -0.2) is 0 Å². The lowest BCUT2D eigenvalue weighted by Gasteiger charge is -2.25. The van der Waals surface area contributed by atoms with Gasteiger partial charge >= 0.3 is 0 Å². The van der Waals surface area contributed by atoms with E-state index in [0.29, 0.717) is 17.8 Å². The molecule has 1 N–H and O–H groups in total. The fourth-order valence-electron chi connectivity index (χ4n) is 4.14. The van der Waals surface area contributed by atoms with Crippen LogP contribution >= 0.6 is 0 Å². The van der Waals surface area contributed by atoms with E-state index in [1.807, 2.05) is 12.3 Å². The molecule has 1 aliphatic carbocycles. The van der Waals surface area contributed by atoms with Crippen LogP contribution in [0.4, 0.5) is 0 Å². The quantitative estimate of drug-likeness (QED) is 0.921. The number of aromatic nitrogens is 1. The van der Waals surface area contributed by atoms with Gasteiger partial charge in [-0.05, 0) is 48.4 Å². The molecular weight excluding hydrogens is 296 g/mol. The molecule has 1 aromatic carbocycles. The summed E-state index contributed by atoms with van der Waals surface area (Å²) in [6.45, 7) is 6.41. The third-order valence-corrected chi connectivity index (χ3v) is 5.61. The van der Waals surface area contributed by atoms with Crippen molar-refractivity contribution in [2.24, 2.45) is 5.92 Å². The molecule has 3 nitrogen and oxygen atoms in total. The van der Waals surface area contributed by atoms with Crippen LogP contribution in [0.25, 0.3) is 11.3 Å². The molecule has 3 heteroatoms. The smallest absolute Gasteiger partial charge is 0.184 e. The molecule has 0 bridgehead atoms. The van der Waals surface area contributed by atoms with Crippen molar-refractivity contribution in [1.29, 1.82) is 0 Å². The zero-order valence-electron chi connectivity index (χ0n) is 14.4. The maximum absolute atomic E-state index is 12.8. The summed E-state index contributed by atoms with van der Waals surface area (Å²) in [6, 6.07) is 10.1. The van der Waals surface area contributed by atoms with Crippen molar-refractivity contribution in [3.8, 4) is 11.3 Å². The van der Waals surface area contributed by atoms with Crippen molar-refractivity contribution < 1.29 is 0 Å². The molecule has 0 saturated carbocycles. The van der Waals surface area contributed by atoms with Gasteiger partial charge in [0, 0.05) is 35.9 Å². The Hall–Kier alpha value is -2.00. The Morgan fingerprint density at radius 3 is 2.92 bits per heavy atom. The topological polar surface area (TPSA) is 42.0 Å². The minimum Gasteiger partial charge on any atom is -0.316 e.